The molecule has 0 aliphatic carbocycles. The van der Waals surface area contributed by atoms with Crippen molar-refractivity contribution >= 4 is 38.6 Å². The first-order valence-corrected chi connectivity index (χ1v) is 8.24. The Morgan fingerprint density at radius 3 is 2.90 bits per heavy atom. The molecule has 3 nitrogen and oxygen atoms in total. The summed E-state index contributed by atoms with van der Waals surface area (Å²) < 4.78 is 2.67. The molecule has 0 aliphatic rings. The number of rotatable bonds is 5. The number of halogens is 1. The smallest absolute Gasteiger partial charge is 0.262 e. The fourth-order valence-electron chi connectivity index (χ4n) is 1.94. The van der Waals surface area contributed by atoms with Gasteiger partial charge < -0.3 is 0 Å². The third-order valence-corrected chi connectivity index (χ3v) is 4.22. The summed E-state index contributed by atoms with van der Waals surface area (Å²) in [4.78, 5) is 17.3. The lowest BCUT2D eigenvalue weighted by atomic mass is 10.2. The first-order valence-electron chi connectivity index (χ1n) is 6.46. The molecular weight excluding hydrogens is 336 g/mol. The largest absolute Gasteiger partial charge is 0.287 e. The highest BCUT2D eigenvalue weighted by Gasteiger charge is 2.12. The third kappa shape index (κ3) is 3.33. The molecule has 0 saturated heterocycles. The van der Waals surface area contributed by atoms with Crippen molar-refractivity contribution < 1.29 is 0 Å². The molecule has 0 N–H and O–H groups in total. The molecule has 0 unspecified atom stereocenters. The topological polar surface area (TPSA) is 34.9 Å². The van der Waals surface area contributed by atoms with Crippen LogP contribution in [0.3, 0.4) is 0 Å². The zero-order valence-electron chi connectivity index (χ0n) is 11.6. The van der Waals surface area contributed by atoms with Crippen molar-refractivity contribution in [2.45, 2.75) is 25.5 Å². The molecule has 0 bridgehead atoms. The van der Waals surface area contributed by atoms with E-state index < -0.39 is 0 Å². The molecule has 1 aromatic heterocycles. The van der Waals surface area contributed by atoms with Crippen molar-refractivity contribution in [3.05, 3.63) is 45.7 Å². The van der Waals surface area contributed by atoms with Gasteiger partial charge in [-0.2, -0.15) is 0 Å². The minimum atomic E-state index is 0.0246. The molecule has 1 heterocycles. The van der Waals surface area contributed by atoms with Gasteiger partial charge in [0, 0.05) is 16.8 Å². The summed E-state index contributed by atoms with van der Waals surface area (Å²) in [7, 11) is 0. The Balaban J connectivity index is 2.65. The van der Waals surface area contributed by atoms with Gasteiger partial charge in [0.25, 0.3) is 5.56 Å². The highest BCUT2D eigenvalue weighted by molar-refractivity contribution is 9.10. The third-order valence-electron chi connectivity index (χ3n) is 2.76. The van der Waals surface area contributed by atoms with Gasteiger partial charge in [-0.1, -0.05) is 47.6 Å². The minimum absolute atomic E-state index is 0.0246. The molecule has 0 radical (unpaired) electrons. The number of benzene rings is 1. The molecule has 2 aromatic rings. The first-order chi connectivity index (χ1) is 9.52. The molecule has 0 aliphatic heterocycles. The Bertz CT molecular complexity index is 694. The maximum atomic E-state index is 12.7. The predicted molar refractivity (Wildman–Crippen MR) is 89.5 cm³/mol. The van der Waals surface area contributed by atoms with E-state index >= 15 is 0 Å². The normalized spacial score (nSPS) is 11.2. The maximum Gasteiger partial charge on any atom is 0.262 e. The summed E-state index contributed by atoms with van der Waals surface area (Å²) in [5.41, 5.74) is 0.765. The van der Waals surface area contributed by atoms with Crippen molar-refractivity contribution in [3.8, 4) is 0 Å². The highest BCUT2D eigenvalue weighted by atomic mass is 79.9. The second-order valence-corrected chi connectivity index (χ2v) is 6.87. The number of thioether (sulfide) groups is 1. The van der Waals surface area contributed by atoms with Crippen LogP contribution in [0.1, 0.15) is 13.8 Å². The fourth-order valence-corrected chi connectivity index (χ4v) is 3.05. The average molecular weight is 353 g/mol. The summed E-state index contributed by atoms with van der Waals surface area (Å²) in [5, 5.41) is 1.42. The summed E-state index contributed by atoms with van der Waals surface area (Å²) in [6.07, 6.45) is 1.82. The standard InChI is InChI=1S/C15H17BrN2OS/c1-4-7-20-15-17-13-6-5-11(16)8-12(13)14(19)18(15)9-10(2)3/h4-6,8,10H,1,7,9H2,2-3H3. The Morgan fingerprint density at radius 2 is 2.25 bits per heavy atom. The van der Waals surface area contributed by atoms with Crippen LogP contribution in [0, 0.1) is 5.92 Å². The molecule has 0 saturated carbocycles. The zero-order valence-corrected chi connectivity index (χ0v) is 14.0. The van der Waals surface area contributed by atoms with E-state index in [1.807, 2.05) is 24.3 Å². The number of fused-ring (bicyclic) bond motifs is 1. The van der Waals surface area contributed by atoms with E-state index in [1.165, 1.54) is 0 Å². The maximum absolute atomic E-state index is 12.7. The zero-order chi connectivity index (χ0) is 14.7. The van der Waals surface area contributed by atoms with Crippen molar-refractivity contribution in [1.29, 1.82) is 0 Å². The van der Waals surface area contributed by atoms with Crippen LogP contribution in [0.5, 0.6) is 0 Å². The molecular formula is C15H17BrN2OS. The van der Waals surface area contributed by atoms with Crippen LogP contribution >= 0.6 is 27.7 Å². The second kappa shape index (κ2) is 6.59. The molecule has 0 amide bonds. The van der Waals surface area contributed by atoms with Crippen LogP contribution in [0.15, 0.2) is 45.3 Å². The van der Waals surface area contributed by atoms with Gasteiger partial charge in [0.1, 0.15) is 0 Å². The molecule has 106 valence electrons. The number of hydrogen-bond donors (Lipinski definition) is 0. The van der Waals surface area contributed by atoms with E-state index in [9.17, 15) is 4.79 Å². The average Bonchev–Trinajstić information content (AvgIpc) is 2.40. The monoisotopic (exact) mass is 352 g/mol. The molecule has 0 atom stereocenters. The molecule has 0 fully saturated rings. The van der Waals surface area contributed by atoms with E-state index in [0.717, 1.165) is 20.9 Å². The van der Waals surface area contributed by atoms with Crippen LogP contribution in [-0.2, 0) is 6.54 Å². The summed E-state index contributed by atoms with van der Waals surface area (Å²) in [5.74, 6) is 1.13. The van der Waals surface area contributed by atoms with E-state index in [4.69, 9.17) is 0 Å². The number of aromatic nitrogens is 2. The van der Waals surface area contributed by atoms with Gasteiger partial charge >= 0.3 is 0 Å². The Hall–Kier alpha value is -1.07. The fraction of sp³-hybridized carbons (Fsp3) is 0.333. The summed E-state index contributed by atoms with van der Waals surface area (Å²) >= 11 is 4.95. The highest BCUT2D eigenvalue weighted by Crippen LogP contribution is 2.21. The predicted octanol–water partition coefficient (Wildman–Crippen LogP) is 4.09. The lowest BCUT2D eigenvalue weighted by Crippen LogP contribution is -2.25. The van der Waals surface area contributed by atoms with Crippen molar-refractivity contribution in [3.63, 3.8) is 0 Å². The van der Waals surface area contributed by atoms with Gasteiger partial charge in [0.15, 0.2) is 5.16 Å². The molecule has 1 aromatic carbocycles. The summed E-state index contributed by atoms with van der Waals surface area (Å²) in [6, 6.07) is 5.62. The van der Waals surface area contributed by atoms with Gasteiger partial charge in [-0.05, 0) is 24.1 Å². The molecule has 20 heavy (non-hydrogen) atoms. The lowest BCUT2D eigenvalue weighted by Gasteiger charge is -2.14. The van der Waals surface area contributed by atoms with Gasteiger partial charge in [0.2, 0.25) is 0 Å². The van der Waals surface area contributed by atoms with Crippen LogP contribution < -0.4 is 5.56 Å². The summed E-state index contributed by atoms with van der Waals surface area (Å²) in [6.45, 7) is 8.59. The van der Waals surface area contributed by atoms with Crippen LogP contribution in [-0.4, -0.2) is 15.3 Å². The molecule has 5 heteroatoms. The second-order valence-electron chi connectivity index (χ2n) is 4.97. The minimum Gasteiger partial charge on any atom is -0.287 e. The van der Waals surface area contributed by atoms with E-state index in [2.05, 4.69) is 41.3 Å². The van der Waals surface area contributed by atoms with Gasteiger partial charge in [-0.3, -0.25) is 9.36 Å². The Morgan fingerprint density at radius 1 is 1.50 bits per heavy atom. The number of hydrogen-bond acceptors (Lipinski definition) is 3. The molecule has 2 rings (SSSR count). The Labute approximate surface area is 131 Å². The van der Waals surface area contributed by atoms with Crippen molar-refractivity contribution in [1.82, 2.24) is 9.55 Å². The number of nitrogens with zero attached hydrogens (tertiary/aromatic N) is 2. The van der Waals surface area contributed by atoms with Crippen molar-refractivity contribution in [2.24, 2.45) is 5.92 Å². The van der Waals surface area contributed by atoms with Gasteiger partial charge in [-0.15, -0.1) is 6.58 Å². The first kappa shape index (κ1) is 15.3. The van der Waals surface area contributed by atoms with Crippen LogP contribution in [0.25, 0.3) is 10.9 Å². The molecule has 0 spiro atoms. The lowest BCUT2D eigenvalue weighted by molar-refractivity contribution is 0.475. The van der Waals surface area contributed by atoms with Crippen LogP contribution in [0.2, 0.25) is 0 Å². The van der Waals surface area contributed by atoms with Gasteiger partial charge in [-0.25, -0.2) is 4.98 Å². The van der Waals surface area contributed by atoms with E-state index in [-0.39, 0.29) is 5.56 Å². The SMILES string of the molecule is C=CCSc1nc2ccc(Br)cc2c(=O)n1CC(C)C. The van der Waals surface area contributed by atoms with Crippen molar-refractivity contribution in [2.75, 3.05) is 5.75 Å². The van der Waals surface area contributed by atoms with Crippen LogP contribution in [0.4, 0.5) is 0 Å². The van der Waals surface area contributed by atoms with E-state index in [1.54, 1.807) is 16.3 Å². The Kier molecular flexibility index (Phi) is 5.05. The van der Waals surface area contributed by atoms with E-state index in [0.29, 0.717) is 17.8 Å². The quantitative estimate of drug-likeness (QED) is 0.461. The van der Waals surface area contributed by atoms with Gasteiger partial charge in [0.05, 0.1) is 10.9 Å².